The van der Waals surface area contributed by atoms with Crippen LogP contribution in [0.3, 0.4) is 0 Å². The Bertz CT molecular complexity index is 3170. The summed E-state index contributed by atoms with van der Waals surface area (Å²) in [4.78, 5) is 14.6. The standard InChI is InChI=1S/C42H29N3.C17H12N.Ir/c1-42(39-21-9-10-28-43-39,34-16-11-15-33(29-34)32-26-24-31(25-27-32)30-13-3-2-4-14-30)40-22-12-23-41(44-40)45-37-19-7-5-17-35(37)36-18-6-8-20-38(36)45;1-3-7-14(8-4-1)16-11-12-18-17(13-16)15-9-5-2-6-10-15;/h2-15,17-19,21-29H,1H3;1-9,11-13H;/q-2;-1;+3. The first-order valence-electron chi connectivity index (χ1n) is 21.1. The molecule has 5 heteroatoms. The van der Waals surface area contributed by atoms with Gasteiger partial charge in [-0.05, 0) is 82.2 Å². The number of aromatic nitrogens is 4. The third-order valence-electron chi connectivity index (χ3n) is 11.7. The number of nitrogens with zero attached hydrogens (tertiary/aromatic N) is 4. The summed E-state index contributed by atoms with van der Waals surface area (Å²) >= 11 is 0. The minimum absolute atomic E-state index is 0. The predicted molar refractivity (Wildman–Crippen MR) is 257 cm³/mol. The smallest absolute Gasteiger partial charge is 0.319 e. The van der Waals surface area contributed by atoms with E-state index in [1.165, 1.54) is 27.6 Å². The SMILES string of the molecule is CC(c1[c-]ccc(-c2ccc(-c3ccccc3)cc2)c1)(c1ccccn1)c1cccc(-n2c3[c-]cccc3c3ccccc32)n1.[Ir+3].[c-]1ccccc1-c1cc(-c2ccccc2)ccn1. The van der Waals surface area contributed by atoms with Gasteiger partial charge in [-0.3, -0.25) is 4.98 Å². The summed E-state index contributed by atoms with van der Waals surface area (Å²) < 4.78 is 2.21. The predicted octanol–water partition coefficient (Wildman–Crippen LogP) is 14.1. The van der Waals surface area contributed by atoms with Crippen LogP contribution in [-0.4, -0.2) is 19.5 Å². The third kappa shape index (κ3) is 8.35. The van der Waals surface area contributed by atoms with E-state index in [4.69, 9.17) is 9.97 Å². The maximum absolute atomic E-state index is 5.37. The van der Waals surface area contributed by atoms with Crippen molar-refractivity contribution in [3.05, 3.63) is 266 Å². The molecule has 0 saturated carbocycles. The maximum atomic E-state index is 5.37. The number of hydrogen-bond acceptors (Lipinski definition) is 3. The van der Waals surface area contributed by atoms with Crippen LogP contribution in [0.25, 0.3) is 72.3 Å². The van der Waals surface area contributed by atoms with Crippen molar-refractivity contribution in [3.63, 3.8) is 0 Å². The van der Waals surface area contributed by atoms with E-state index in [-0.39, 0.29) is 20.1 Å². The van der Waals surface area contributed by atoms with Gasteiger partial charge in [0.25, 0.3) is 0 Å². The van der Waals surface area contributed by atoms with Gasteiger partial charge in [0.15, 0.2) is 0 Å². The van der Waals surface area contributed by atoms with Crippen LogP contribution in [0.5, 0.6) is 0 Å². The fourth-order valence-electron chi connectivity index (χ4n) is 8.34. The molecule has 0 aliphatic rings. The van der Waals surface area contributed by atoms with Gasteiger partial charge in [-0.15, -0.1) is 52.4 Å². The van der Waals surface area contributed by atoms with Crippen LogP contribution in [0.4, 0.5) is 0 Å². The number of benzene rings is 7. The molecule has 4 aromatic heterocycles. The Morgan fingerprint density at radius 3 is 1.83 bits per heavy atom. The summed E-state index contributed by atoms with van der Waals surface area (Å²) in [5, 5.41) is 2.34. The second-order valence-corrected chi connectivity index (χ2v) is 15.5. The maximum Gasteiger partial charge on any atom is 3.00 e. The van der Waals surface area contributed by atoms with Gasteiger partial charge < -0.3 is 9.55 Å². The minimum atomic E-state index is -0.667. The number of hydrogen-bond donors (Lipinski definition) is 0. The molecule has 4 nitrogen and oxygen atoms in total. The molecular formula is C59H41IrN4. The zero-order chi connectivity index (χ0) is 42.4. The van der Waals surface area contributed by atoms with E-state index in [2.05, 4.69) is 168 Å². The monoisotopic (exact) mass is 998 g/mol. The molecule has 1 unspecified atom stereocenters. The van der Waals surface area contributed by atoms with Crippen molar-refractivity contribution in [2.45, 2.75) is 12.3 Å². The summed E-state index contributed by atoms with van der Waals surface area (Å²) in [5.41, 5.74) is 13.3. The van der Waals surface area contributed by atoms with Crippen molar-refractivity contribution in [3.8, 4) is 50.5 Å². The average Bonchev–Trinajstić information content (AvgIpc) is 3.72. The van der Waals surface area contributed by atoms with Gasteiger partial charge in [-0.25, -0.2) is 4.98 Å². The molecule has 0 radical (unpaired) electrons. The van der Waals surface area contributed by atoms with Crippen molar-refractivity contribution in [2.75, 3.05) is 0 Å². The van der Waals surface area contributed by atoms with Crippen molar-refractivity contribution >= 4 is 21.8 Å². The van der Waals surface area contributed by atoms with Crippen molar-refractivity contribution in [2.24, 2.45) is 0 Å². The Hall–Kier alpha value is -7.56. The Morgan fingerprint density at radius 2 is 1.08 bits per heavy atom. The van der Waals surface area contributed by atoms with Gasteiger partial charge >= 0.3 is 20.1 Å². The van der Waals surface area contributed by atoms with Gasteiger partial charge in [0.05, 0.1) is 16.8 Å². The fraction of sp³-hybridized carbons (Fsp3) is 0.0339. The van der Waals surface area contributed by atoms with Gasteiger partial charge in [-0.1, -0.05) is 127 Å². The molecule has 0 spiro atoms. The first kappa shape index (κ1) is 41.8. The van der Waals surface area contributed by atoms with Gasteiger partial charge in [0, 0.05) is 17.9 Å². The van der Waals surface area contributed by atoms with Crippen LogP contribution in [0.1, 0.15) is 23.9 Å². The summed E-state index contributed by atoms with van der Waals surface area (Å²) in [6, 6.07) is 85.2. The van der Waals surface area contributed by atoms with Crippen LogP contribution in [0, 0.1) is 18.2 Å². The molecule has 0 saturated heterocycles. The minimum Gasteiger partial charge on any atom is -0.319 e. The largest absolute Gasteiger partial charge is 3.00 e. The molecule has 0 amide bonds. The first-order valence-corrected chi connectivity index (χ1v) is 21.1. The fourth-order valence-corrected chi connectivity index (χ4v) is 8.34. The molecule has 0 N–H and O–H groups in total. The topological polar surface area (TPSA) is 43.6 Å². The molecule has 1 atom stereocenters. The zero-order valence-electron chi connectivity index (χ0n) is 35.1. The Balaban J connectivity index is 0.000000228. The summed E-state index contributed by atoms with van der Waals surface area (Å²) in [7, 11) is 0. The van der Waals surface area contributed by atoms with E-state index in [9.17, 15) is 0 Å². The number of para-hydroxylation sites is 2. The van der Waals surface area contributed by atoms with E-state index in [0.717, 1.165) is 61.6 Å². The molecule has 11 rings (SSSR count). The van der Waals surface area contributed by atoms with Crippen molar-refractivity contribution in [1.82, 2.24) is 19.5 Å². The zero-order valence-corrected chi connectivity index (χ0v) is 37.5. The normalized spacial score (nSPS) is 11.8. The summed E-state index contributed by atoms with van der Waals surface area (Å²) in [5.74, 6) is 0.843. The first-order chi connectivity index (χ1) is 31.1. The Morgan fingerprint density at radius 1 is 0.438 bits per heavy atom. The van der Waals surface area contributed by atoms with E-state index < -0.39 is 5.41 Å². The number of fused-ring (bicyclic) bond motifs is 3. The molecule has 7 aromatic carbocycles. The number of pyridine rings is 3. The molecule has 0 fully saturated rings. The molecular weight excluding hydrogens is 957 g/mol. The summed E-state index contributed by atoms with van der Waals surface area (Å²) in [6.45, 7) is 2.20. The molecule has 0 aliphatic heterocycles. The third-order valence-corrected chi connectivity index (χ3v) is 11.7. The molecule has 0 bridgehead atoms. The van der Waals surface area contributed by atoms with Crippen molar-refractivity contribution < 1.29 is 20.1 Å². The Labute approximate surface area is 388 Å². The van der Waals surface area contributed by atoms with Crippen LogP contribution in [0.2, 0.25) is 0 Å². The van der Waals surface area contributed by atoms with Crippen LogP contribution in [0.15, 0.2) is 231 Å². The van der Waals surface area contributed by atoms with Gasteiger partial charge in [0.1, 0.15) is 5.82 Å². The van der Waals surface area contributed by atoms with Crippen LogP contribution < -0.4 is 0 Å². The molecule has 11 aromatic rings. The second kappa shape index (κ2) is 18.8. The van der Waals surface area contributed by atoms with E-state index in [0.29, 0.717) is 0 Å². The molecule has 0 aliphatic carbocycles. The van der Waals surface area contributed by atoms with Crippen LogP contribution >= 0.6 is 0 Å². The quantitative estimate of drug-likeness (QED) is 0.143. The molecule has 306 valence electrons. The van der Waals surface area contributed by atoms with E-state index in [1.807, 2.05) is 97.3 Å². The van der Waals surface area contributed by atoms with E-state index >= 15 is 0 Å². The summed E-state index contributed by atoms with van der Waals surface area (Å²) in [6.07, 6.45) is 3.70. The average molecular weight is 998 g/mol. The van der Waals surface area contributed by atoms with E-state index in [1.54, 1.807) is 0 Å². The molecule has 4 heterocycles. The van der Waals surface area contributed by atoms with Gasteiger partial charge in [-0.2, -0.15) is 48.5 Å². The molecule has 64 heavy (non-hydrogen) atoms. The number of rotatable bonds is 8. The Kier molecular flexibility index (Phi) is 12.3. The van der Waals surface area contributed by atoms with Crippen molar-refractivity contribution in [1.29, 1.82) is 0 Å². The van der Waals surface area contributed by atoms with Crippen LogP contribution in [-0.2, 0) is 25.5 Å². The van der Waals surface area contributed by atoms with Gasteiger partial charge in [0.2, 0.25) is 0 Å². The second-order valence-electron chi connectivity index (χ2n) is 15.5.